The number of anilines is 1. The Bertz CT molecular complexity index is 1050. The van der Waals surface area contributed by atoms with Gasteiger partial charge in [-0.15, -0.1) is 11.3 Å². The summed E-state index contributed by atoms with van der Waals surface area (Å²) in [7, 11) is 1.70. The smallest absolute Gasteiger partial charge is 0.254 e. The maximum absolute atomic E-state index is 13.3. The quantitative estimate of drug-likeness (QED) is 0.649. The molecule has 0 unspecified atom stereocenters. The molecule has 142 valence electrons. The van der Waals surface area contributed by atoms with Crippen LogP contribution in [0.15, 0.2) is 60.0 Å². The lowest BCUT2D eigenvalue weighted by Crippen LogP contribution is -2.43. The monoisotopic (exact) mass is 414 g/mol. The van der Waals surface area contributed by atoms with E-state index in [0.29, 0.717) is 16.8 Å². The van der Waals surface area contributed by atoms with Crippen LogP contribution in [0.1, 0.15) is 32.8 Å². The molecular weight excluding hydrogens is 399 g/mol. The van der Waals surface area contributed by atoms with Crippen molar-refractivity contribution in [3.63, 3.8) is 0 Å². The lowest BCUT2D eigenvalue weighted by Gasteiger charge is -2.39. The molecule has 2 amide bonds. The van der Waals surface area contributed by atoms with Crippen LogP contribution in [0.25, 0.3) is 0 Å². The zero-order chi connectivity index (χ0) is 19.8. The van der Waals surface area contributed by atoms with Gasteiger partial charge in [0.1, 0.15) is 5.82 Å². The standard InChI is InChI=1S/C21H16ClFN2O2S/c1-25-19(17-7-4-10-28-17)18(13-5-2-3-6-14(13)21(25)27)20(26)24-16-9-8-12(23)11-15(16)22/h2-11,18-19H,1H3,(H,24,26)/t18-,19+/m0/s1. The first-order chi connectivity index (χ1) is 13.5. The van der Waals surface area contributed by atoms with Gasteiger partial charge in [-0.25, -0.2) is 4.39 Å². The topological polar surface area (TPSA) is 49.4 Å². The molecule has 1 N–H and O–H groups in total. The Balaban J connectivity index is 1.79. The number of nitrogens with zero attached hydrogens (tertiary/aromatic N) is 1. The second-order valence-corrected chi connectivity index (χ2v) is 7.94. The normalized spacial score (nSPS) is 18.7. The molecule has 1 aliphatic rings. The third kappa shape index (κ3) is 3.19. The van der Waals surface area contributed by atoms with Gasteiger partial charge in [-0.2, -0.15) is 0 Å². The maximum Gasteiger partial charge on any atom is 0.254 e. The van der Waals surface area contributed by atoms with Crippen molar-refractivity contribution >= 4 is 40.4 Å². The van der Waals surface area contributed by atoms with Gasteiger partial charge in [-0.3, -0.25) is 9.59 Å². The number of hydrogen-bond acceptors (Lipinski definition) is 3. The van der Waals surface area contributed by atoms with E-state index in [2.05, 4.69) is 5.32 Å². The molecule has 0 fully saturated rings. The summed E-state index contributed by atoms with van der Waals surface area (Å²) in [5.41, 5.74) is 1.50. The van der Waals surface area contributed by atoms with E-state index in [9.17, 15) is 14.0 Å². The molecular formula is C21H16ClFN2O2S. The Morgan fingerprint density at radius 1 is 1.18 bits per heavy atom. The molecule has 1 aromatic heterocycles. The fourth-order valence-electron chi connectivity index (χ4n) is 3.57. The van der Waals surface area contributed by atoms with E-state index in [1.165, 1.54) is 23.5 Å². The van der Waals surface area contributed by atoms with Crippen molar-refractivity contribution in [1.82, 2.24) is 4.90 Å². The molecule has 0 bridgehead atoms. The van der Waals surface area contributed by atoms with Gasteiger partial charge in [0.2, 0.25) is 5.91 Å². The molecule has 4 nitrogen and oxygen atoms in total. The minimum absolute atomic E-state index is 0.120. The number of benzene rings is 2. The van der Waals surface area contributed by atoms with Crippen molar-refractivity contribution in [1.29, 1.82) is 0 Å². The van der Waals surface area contributed by atoms with Crippen LogP contribution >= 0.6 is 22.9 Å². The van der Waals surface area contributed by atoms with Crippen molar-refractivity contribution in [3.05, 3.63) is 86.8 Å². The first-order valence-corrected chi connectivity index (χ1v) is 9.88. The second-order valence-electron chi connectivity index (χ2n) is 6.55. The molecule has 7 heteroatoms. The Hall–Kier alpha value is -2.70. The van der Waals surface area contributed by atoms with Crippen molar-refractivity contribution in [2.75, 3.05) is 12.4 Å². The summed E-state index contributed by atoms with van der Waals surface area (Å²) in [6.07, 6.45) is 0. The molecule has 1 aliphatic heterocycles. The number of nitrogens with one attached hydrogen (secondary N) is 1. The first-order valence-electron chi connectivity index (χ1n) is 8.63. The van der Waals surface area contributed by atoms with Crippen molar-refractivity contribution in [2.45, 2.75) is 12.0 Å². The van der Waals surface area contributed by atoms with E-state index < -0.39 is 17.8 Å². The summed E-state index contributed by atoms with van der Waals surface area (Å²) in [5, 5.41) is 4.84. The summed E-state index contributed by atoms with van der Waals surface area (Å²) >= 11 is 7.58. The fraction of sp³-hybridized carbons (Fsp3) is 0.143. The highest BCUT2D eigenvalue weighted by atomic mass is 35.5. The summed E-state index contributed by atoms with van der Waals surface area (Å²) < 4.78 is 13.3. The third-order valence-electron chi connectivity index (χ3n) is 4.89. The molecule has 28 heavy (non-hydrogen) atoms. The number of fused-ring (bicyclic) bond motifs is 1. The molecule has 0 saturated heterocycles. The lowest BCUT2D eigenvalue weighted by molar-refractivity contribution is -0.119. The average molecular weight is 415 g/mol. The van der Waals surface area contributed by atoms with Crippen LogP contribution in [0.4, 0.5) is 10.1 Å². The number of carbonyl (C=O) groups is 2. The highest BCUT2D eigenvalue weighted by molar-refractivity contribution is 7.10. The van der Waals surface area contributed by atoms with Gasteiger partial charge < -0.3 is 10.2 Å². The van der Waals surface area contributed by atoms with E-state index in [1.54, 1.807) is 30.1 Å². The highest BCUT2D eigenvalue weighted by Crippen LogP contribution is 2.44. The van der Waals surface area contributed by atoms with Gasteiger partial charge in [-0.1, -0.05) is 35.9 Å². The highest BCUT2D eigenvalue weighted by Gasteiger charge is 2.43. The van der Waals surface area contributed by atoms with E-state index in [-0.39, 0.29) is 16.8 Å². The van der Waals surface area contributed by atoms with E-state index in [1.807, 2.05) is 23.6 Å². The third-order valence-corrected chi connectivity index (χ3v) is 6.14. The molecule has 0 saturated carbocycles. The van der Waals surface area contributed by atoms with Crippen molar-refractivity contribution < 1.29 is 14.0 Å². The summed E-state index contributed by atoms with van der Waals surface area (Å²) in [5.74, 6) is -1.54. The van der Waals surface area contributed by atoms with E-state index in [0.717, 1.165) is 10.9 Å². The number of likely N-dealkylation sites (N-methyl/N-ethyl adjacent to an activating group) is 1. The zero-order valence-electron chi connectivity index (χ0n) is 14.9. The zero-order valence-corrected chi connectivity index (χ0v) is 16.4. The molecule has 3 aromatic rings. The molecule has 2 atom stereocenters. The van der Waals surface area contributed by atoms with Crippen LogP contribution in [-0.4, -0.2) is 23.8 Å². The summed E-state index contributed by atoms with van der Waals surface area (Å²) in [6.45, 7) is 0. The number of thiophene rings is 1. The van der Waals surface area contributed by atoms with Crippen LogP contribution in [0, 0.1) is 5.82 Å². The minimum Gasteiger partial charge on any atom is -0.333 e. The van der Waals surface area contributed by atoms with Crippen molar-refractivity contribution in [3.8, 4) is 0 Å². The van der Waals surface area contributed by atoms with Crippen LogP contribution in [0.2, 0.25) is 5.02 Å². The fourth-order valence-corrected chi connectivity index (χ4v) is 4.69. The number of amides is 2. The van der Waals surface area contributed by atoms with Gasteiger partial charge in [-0.05, 0) is 41.3 Å². The number of carbonyl (C=O) groups excluding carboxylic acids is 2. The van der Waals surface area contributed by atoms with Crippen LogP contribution in [0.3, 0.4) is 0 Å². The molecule has 0 spiro atoms. The van der Waals surface area contributed by atoms with Crippen LogP contribution < -0.4 is 5.32 Å². The molecule has 2 heterocycles. The maximum atomic E-state index is 13.3. The lowest BCUT2D eigenvalue weighted by atomic mass is 9.81. The van der Waals surface area contributed by atoms with E-state index >= 15 is 0 Å². The largest absolute Gasteiger partial charge is 0.333 e. The minimum atomic E-state index is -0.626. The summed E-state index contributed by atoms with van der Waals surface area (Å²) in [6, 6.07) is 14.3. The molecule has 0 aliphatic carbocycles. The molecule has 0 radical (unpaired) electrons. The average Bonchev–Trinajstić information content (AvgIpc) is 3.21. The number of rotatable bonds is 3. The number of halogens is 2. The SMILES string of the molecule is CN1C(=O)c2ccccc2[C@H](C(=O)Nc2ccc(F)cc2Cl)[C@H]1c1cccs1. The predicted octanol–water partition coefficient (Wildman–Crippen LogP) is 5.09. The Labute approximate surface area is 170 Å². The molecule has 4 rings (SSSR count). The summed E-state index contributed by atoms with van der Waals surface area (Å²) in [4.78, 5) is 28.7. The van der Waals surface area contributed by atoms with Gasteiger partial charge in [0.05, 0.1) is 22.7 Å². The van der Waals surface area contributed by atoms with Gasteiger partial charge in [0.25, 0.3) is 5.91 Å². The van der Waals surface area contributed by atoms with Crippen molar-refractivity contribution in [2.24, 2.45) is 0 Å². The van der Waals surface area contributed by atoms with Crippen LogP contribution in [-0.2, 0) is 4.79 Å². The number of hydrogen-bond donors (Lipinski definition) is 1. The predicted molar refractivity (Wildman–Crippen MR) is 108 cm³/mol. The first kappa shape index (κ1) is 18.7. The van der Waals surface area contributed by atoms with Gasteiger partial charge >= 0.3 is 0 Å². The van der Waals surface area contributed by atoms with Crippen LogP contribution in [0.5, 0.6) is 0 Å². The van der Waals surface area contributed by atoms with E-state index in [4.69, 9.17) is 11.6 Å². The molecule has 2 aromatic carbocycles. The Kier molecular flexibility index (Phi) is 4.91. The Morgan fingerprint density at radius 2 is 1.96 bits per heavy atom. The second kappa shape index (κ2) is 7.37. The van der Waals surface area contributed by atoms with Gasteiger partial charge in [0.15, 0.2) is 0 Å². The Morgan fingerprint density at radius 3 is 2.68 bits per heavy atom. The van der Waals surface area contributed by atoms with Gasteiger partial charge in [0, 0.05) is 17.5 Å².